The first-order chi connectivity index (χ1) is 9.06. The van der Waals surface area contributed by atoms with Gasteiger partial charge in [-0.05, 0) is 30.7 Å². The number of hydrogen-bond acceptors (Lipinski definition) is 2. The minimum absolute atomic E-state index is 0.102. The van der Waals surface area contributed by atoms with Gasteiger partial charge in [0.25, 0.3) is 5.56 Å². The first-order valence-electron chi connectivity index (χ1n) is 5.78. The number of carbonyl (C=O) groups is 1. The van der Waals surface area contributed by atoms with Gasteiger partial charge < -0.3 is 9.88 Å². The number of nitrogens with one attached hydrogen (secondary N) is 1. The lowest BCUT2D eigenvalue weighted by atomic mass is 10.2. The van der Waals surface area contributed by atoms with Gasteiger partial charge in [0.15, 0.2) is 0 Å². The van der Waals surface area contributed by atoms with E-state index in [-0.39, 0.29) is 23.8 Å². The van der Waals surface area contributed by atoms with Crippen molar-refractivity contribution in [2.75, 3.05) is 5.32 Å². The van der Waals surface area contributed by atoms with E-state index in [1.807, 2.05) is 0 Å². The van der Waals surface area contributed by atoms with E-state index >= 15 is 0 Å². The average molecular weight is 260 g/mol. The molecule has 0 radical (unpaired) electrons. The van der Waals surface area contributed by atoms with Crippen LogP contribution in [0.4, 0.5) is 10.1 Å². The minimum atomic E-state index is -0.380. The number of amides is 1. The summed E-state index contributed by atoms with van der Waals surface area (Å²) in [4.78, 5) is 23.2. The molecule has 19 heavy (non-hydrogen) atoms. The molecule has 98 valence electrons. The first-order valence-corrected chi connectivity index (χ1v) is 5.78. The maximum Gasteiger partial charge on any atom is 0.250 e. The number of nitrogens with zero attached hydrogens (tertiary/aromatic N) is 1. The average Bonchev–Trinajstić information content (AvgIpc) is 2.37. The fraction of sp³-hybridized carbons (Fsp3) is 0.143. The second-order valence-corrected chi connectivity index (χ2v) is 4.18. The number of carbonyl (C=O) groups excluding carboxylic acids is 1. The van der Waals surface area contributed by atoms with Gasteiger partial charge in [-0.1, -0.05) is 12.1 Å². The predicted octanol–water partition coefficient (Wildman–Crippen LogP) is 1.93. The topological polar surface area (TPSA) is 51.1 Å². The normalized spacial score (nSPS) is 10.2. The molecule has 1 aromatic carbocycles. The second kappa shape index (κ2) is 5.48. The monoisotopic (exact) mass is 260 g/mol. The Morgan fingerprint density at radius 1 is 1.32 bits per heavy atom. The number of halogens is 1. The standard InChI is InChI=1S/C14H13FN2O2/c1-10-5-6-11(8-12(10)15)16-13(18)9-17-7-3-2-4-14(17)19/h2-8H,9H2,1H3,(H,16,18). The molecule has 4 nitrogen and oxygen atoms in total. The van der Waals surface area contributed by atoms with Gasteiger partial charge in [0.2, 0.25) is 5.91 Å². The van der Waals surface area contributed by atoms with Crippen LogP contribution in [-0.2, 0) is 11.3 Å². The molecule has 0 atom stereocenters. The van der Waals surface area contributed by atoms with Crippen molar-refractivity contribution < 1.29 is 9.18 Å². The summed E-state index contributed by atoms with van der Waals surface area (Å²) in [6.07, 6.45) is 1.53. The molecule has 0 saturated heterocycles. The number of benzene rings is 1. The Hall–Kier alpha value is -2.43. The summed E-state index contributed by atoms with van der Waals surface area (Å²) in [5.74, 6) is -0.758. The number of anilines is 1. The molecular weight excluding hydrogens is 247 g/mol. The van der Waals surface area contributed by atoms with Crippen LogP contribution < -0.4 is 10.9 Å². The van der Waals surface area contributed by atoms with E-state index in [1.54, 1.807) is 31.2 Å². The third-order valence-corrected chi connectivity index (χ3v) is 2.67. The molecule has 0 fully saturated rings. The molecule has 2 aromatic rings. The molecule has 0 unspecified atom stereocenters. The van der Waals surface area contributed by atoms with E-state index in [1.165, 1.54) is 22.9 Å². The molecule has 0 aliphatic heterocycles. The Balaban J connectivity index is 2.08. The molecule has 0 bridgehead atoms. The SMILES string of the molecule is Cc1ccc(NC(=O)Cn2ccccc2=O)cc1F. The largest absolute Gasteiger partial charge is 0.324 e. The van der Waals surface area contributed by atoms with Crippen molar-refractivity contribution in [1.82, 2.24) is 4.57 Å². The van der Waals surface area contributed by atoms with Crippen LogP contribution >= 0.6 is 0 Å². The van der Waals surface area contributed by atoms with Gasteiger partial charge in [-0.2, -0.15) is 0 Å². The lowest BCUT2D eigenvalue weighted by Crippen LogP contribution is -2.26. The van der Waals surface area contributed by atoms with Crippen molar-refractivity contribution in [2.24, 2.45) is 0 Å². The van der Waals surface area contributed by atoms with Gasteiger partial charge >= 0.3 is 0 Å². The Labute approximate surface area is 109 Å². The van der Waals surface area contributed by atoms with E-state index in [2.05, 4.69) is 5.32 Å². The van der Waals surface area contributed by atoms with E-state index in [0.717, 1.165) is 0 Å². The lowest BCUT2D eigenvalue weighted by molar-refractivity contribution is -0.116. The Kier molecular flexibility index (Phi) is 3.75. The van der Waals surface area contributed by atoms with Crippen molar-refractivity contribution in [3.05, 3.63) is 64.3 Å². The molecule has 2 rings (SSSR count). The highest BCUT2D eigenvalue weighted by Crippen LogP contribution is 2.13. The Morgan fingerprint density at radius 3 is 2.79 bits per heavy atom. The van der Waals surface area contributed by atoms with E-state index < -0.39 is 0 Å². The van der Waals surface area contributed by atoms with Gasteiger partial charge in [0.05, 0.1) is 0 Å². The molecule has 1 heterocycles. The lowest BCUT2D eigenvalue weighted by Gasteiger charge is -2.07. The predicted molar refractivity (Wildman–Crippen MR) is 70.5 cm³/mol. The maximum absolute atomic E-state index is 13.3. The third kappa shape index (κ3) is 3.28. The van der Waals surface area contributed by atoms with Gasteiger partial charge in [0, 0.05) is 18.0 Å². The van der Waals surface area contributed by atoms with Gasteiger partial charge in [0.1, 0.15) is 12.4 Å². The highest BCUT2D eigenvalue weighted by atomic mass is 19.1. The minimum Gasteiger partial charge on any atom is -0.324 e. The zero-order valence-corrected chi connectivity index (χ0v) is 10.4. The summed E-state index contributed by atoms with van der Waals surface area (Å²) >= 11 is 0. The summed E-state index contributed by atoms with van der Waals surface area (Å²) in [5, 5.41) is 2.55. The zero-order valence-electron chi connectivity index (χ0n) is 10.4. The first kappa shape index (κ1) is 13.0. The second-order valence-electron chi connectivity index (χ2n) is 4.18. The molecule has 5 heteroatoms. The van der Waals surface area contributed by atoms with Crippen LogP contribution in [0.25, 0.3) is 0 Å². The van der Waals surface area contributed by atoms with Gasteiger partial charge in [-0.3, -0.25) is 9.59 Å². The number of pyridine rings is 1. The third-order valence-electron chi connectivity index (χ3n) is 2.67. The number of rotatable bonds is 3. The Morgan fingerprint density at radius 2 is 2.11 bits per heavy atom. The summed E-state index contributed by atoms with van der Waals surface area (Å²) in [6.45, 7) is 1.54. The van der Waals surface area contributed by atoms with Crippen molar-refractivity contribution in [2.45, 2.75) is 13.5 Å². The summed E-state index contributed by atoms with van der Waals surface area (Å²) in [5.41, 5.74) is 0.627. The Bertz CT molecular complexity index is 664. The van der Waals surface area contributed by atoms with Gasteiger partial charge in [-0.25, -0.2) is 4.39 Å². The van der Waals surface area contributed by atoms with E-state index in [9.17, 15) is 14.0 Å². The van der Waals surface area contributed by atoms with Crippen LogP contribution in [0, 0.1) is 12.7 Å². The van der Waals surface area contributed by atoms with Crippen LogP contribution in [0.2, 0.25) is 0 Å². The molecule has 1 N–H and O–H groups in total. The van der Waals surface area contributed by atoms with Crippen LogP contribution in [-0.4, -0.2) is 10.5 Å². The summed E-state index contributed by atoms with van der Waals surface area (Å²) in [6, 6.07) is 9.09. The molecule has 1 amide bonds. The zero-order chi connectivity index (χ0) is 13.8. The van der Waals surface area contributed by atoms with Crippen LogP contribution in [0.1, 0.15) is 5.56 Å². The summed E-state index contributed by atoms with van der Waals surface area (Å²) < 4.78 is 14.6. The van der Waals surface area contributed by atoms with E-state index in [0.29, 0.717) is 11.3 Å². The molecular formula is C14H13FN2O2. The fourth-order valence-electron chi connectivity index (χ4n) is 1.62. The molecule has 0 spiro atoms. The number of aromatic nitrogens is 1. The van der Waals surface area contributed by atoms with Crippen molar-refractivity contribution in [3.63, 3.8) is 0 Å². The highest BCUT2D eigenvalue weighted by Gasteiger charge is 2.06. The van der Waals surface area contributed by atoms with Crippen molar-refractivity contribution >= 4 is 11.6 Å². The molecule has 0 aliphatic carbocycles. The fourth-order valence-corrected chi connectivity index (χ4v) is 1.62. The summed E-state index contributed by atoms with van der Waals surface area (Å²) in [7, 11) is 0. The smallest absolute Gasteiger partial charge is 0.250 e. The number of aryl methyl sites for hydroxylation is 1. The molecule has 1 aromatic heterocycles. The van der Waals surface area contributed by atoms with Crippen LogP contribution in [0.3, 0.4) is 0 Å². The van der Waals surface area contributed by atoms with E-state index in [4.69, 9.17) is 0 Å². The molecule has 0 aliphatic rings. The van der Waals surface area contributed by atoms with Gasteiger partial charge in [-0.15, -0.1) is 0 Å². The van der Waals surface area contributed by atoms with Crippen LogP contribution in [0.15, 0.2) is 47.4 Å². The molecule has 0 saturated carbocycles. The van der Waals surface area contributed by atoms with Crippen molar-refractivity contribution in [3.8, 4) is 0 Å². The quantitative estimate of drug-likeness (QED) is 0.916. The van der Waals surface area contributed by atoms with Crippen molar-refractivity contribution in [1.29, 1.82) is 0 Å². The number of hydrogen-bond donors (Lipinski definition) is 1. The highest BCUT2D eigenvalue weighted by molar-refractivity contribution is 5.90. The maximum atomic E-state index is 13.3. The van der Waals surface area contributed by atoms with Crippen LogP contribution in [0.5, 0.6) is 0 Å².